The summed E-state index contributed by atoms with van der Waals surface area (Å²) in [6.07, 6.45) is 5.00. The maximum absolute atomic E-state index is 13.1. The second kappa shape index (κ2) is 12.3. The van der Waals surface area contributed by atoms with E-state index in [4.69, 9.17) is 11.6 Å². The molecule has 46 heavy (non-hydrogen) atoms. The second-order valence-electron chi connectivity index (χ2n) is 11.1. The summed E-state index contributed by atoms with van der Waals surface area (Å²) in [4.78, 5) is 61.7. The molecule has 7 rings (SSSR count). The van der Waals surface area contributed by atoms with Gasteiger partial charge in [-0.1, -0.05) is 48.3 Å². The van der Waals surface area contributed by atoms with Crippen LogP contribution in [0.1, 0.15) is 36.8 Å². The zero-order chi connectivity index (χ0) is 32.1. The minimum Gasteiger partial charge on any atom is -0.300 e. The van der Waals surface area contributed by atoms with Crippen molar-refractivity contribution in [3.8, 4) is 0 Å². The second-order valence-corrected chi connectivity index (χ2v) is 14.9. The minimum atomic E-state index is -0.462. The molecule has 3 amide bonds. The number of amidine groups is 1. The predicted molar refractivity (Wildman–Crippen MR) is 182 cm³/mol. The summed E-state index contributed by atoms with van der Waals surface area (Å²) in [5.74, 6) is -1.09. The summed E-state index contributed by atoms with van der Waals surface area (Å²) < 4.78 is 1.35. The average Bonchev–Trinajstić information content (AvgIpc) is 3.68. The highest BCUT2D eigenvalue weighted by Gasteiger charge is 2.48. The van der Waals surface area contributed by atoms with E-state index in [1.165, 1.54) is 22.3 Å². The monoisotopic (exact) mass is 689 g/mol. The van der Waals surface area contributed by atoms with E-state index in [1.807, 2.05) is 6.92 Å². The van der Waals surface area contributed by atoms with Crippen molar-refractivity contribution in [1.29, 1.82) is 0 Å². The van der Waals surface area contributed by atoms with Gasteiger partial charge in [0.15, 0.2) is 9.51 Å². The van der Waals surface area contributed by atoms with Crippen molar-refractivity contribution >= 4 is 103 Å². The molecule has 0 radical (unpaired) electrons. The van der Waals surface area contributed by atoms with Crippen LogP contribution in [0.5, 0.6) is 0 Å². The van der Waals surface area contributed by atoms with Crippen LogP contribution in [-0.4, -0.2) is 32.8 Å². The molecular weight excluding hydrogens is 666 g/mol. The number of aliphatic imine (C=N–C) groups is 1. The summed E-state index contributed by atoms with van der Waals surface area (Å²) in [5, 5.41) is 15.8. The van der Waals surface area contributed by atoms with Gasteiger partial charge in [0.2, 0.25) is 11.8 Å². The molecule has 2 atom stereocenters. The Labute approximate surface area is 280 Å². The van der Waals surface area contributed by atoms with Gasteiger partial charge in [-0.25, -0.2) is 9.98 Å². The number of halogens is 1. The average molecular weight is 690 g/mol. The number of thiazole rings is 1. The predicted octanol–water partition coefficient (Wildman–Crippen LogP) is 7.89. The molecule has 14 heteroatoms. The zero-order valence-electron chi connectivity index (χ0n) is 24.2. The number of rotatable bonds is 6. The van der Waals surface area contributed by atoms with Gasteiger partial charge in [0.25, 0.3) is 11.6 Å². The van der Waals surface area contributed by atoms with E-state index in [9.17, 15) is 24.5 Å². The van der Waals surface area contributed by atoms with Crippen molar-refractivity contribution in [2.24, 2.45) is 16.8 Å². The van der Waals surface area contributed by atoms with E-state index in [2.05, 4.69) is 15.3 Å². The maximum Gasteiger partial charge on any atom is 0.283 e. The fourth-order valence-corrected chi connectivity index (χ4v) is 9.04. The van der Waals surface area contributed by atoms with Crippen LogP contribution in [0.2, 0.25) is 5.02 Å². The van der Waals surface area contributed by atoms with Crippen LogP contribution in [0.15, 0.2) is 73.7 Å². The lowest BCUT2D eigenvalue weighted by Crippen LogP contribution is -2.30. The third-order valence-electron chi connectivity index (χ3n) is 8.24. The molecule has 1 aromatic heterocycles. The lowest BCUT2D eigenvalue weighted by Gasteiger charge is -2.19. The van der Waals surface area contributed by atoms with Crippen molar-refractivity contribution in [2.45, 2.75) is 41.8 Å². The van der Waals surface area contributed by atoms with E-state index in [0.717, 1.165) is 59.5 Å². The highest BCUT2D eigenvalue weighted by atomic mass is 35.5. The Morgan fingerprint density at radius 3 is 2.59 bits per heavy atom. The molecule has 3 fully saturated rings. The quantitative estimate of drug-likeness (QED) is 0.0935. The summed E-state index contributed by atoms with van der Waals surface area (Å²) in [6.45, 7) is 1.84. The third-order valence-corrected chi connectivity index (χ3v) is 11.7. The van der Waals surface area contributed by atoms with Crippen LogP contribution in [-0.2, 0) is 14.4 Å². The number of hydrogen-bond acceptors (Lipinski definition) is 10. The van der Waals surface area contributed by atoms with Gasteiger partial charge in [-0.3, -0.25) is 29.4 Å². The van der Waals surface area contributed by atoms with E-state index in [1.54, 1.807) is 54.6 Å². The standard InChI is InChI=1S/C32H24ClN5O5S3/c1-16-21(33)7-4-8-22(16)34-31-36-28(39)27(44-31)14-17-9-12-25(24(13-17)38(42)43)45-32-35-23-11-10-18(15-26(23)46-32)37-29(40)19-5-2-3-6-20(19)30(37)41/h4,7-15,19-20H,2-3,5-6H2,1H3,(H,34,36,39)/b27-14-/t19-,20-/m0/s1. The Hall–Kier alpha value is -4.04. The Morgan fingerprint density at radius 1 is 1.09 bits per heavy atom. The van der Waals surface area contributed by atoms with Crippen molar-refractivity contribution in [2.75, 3.05) is 4.90 Å². The van der Waals surface area contributed by atoms with Crippen LogP contribution < -0.4 is 10.2 Å². The highest BCUT2D eigenvalue weighted by Crippen LogP contribution is 2.43. The van der Waals surface area contributed by atoms with Crippen LogP contribution in [0.3, 0.4) is 0 Å². The first-order valence-corrected chi connectivity index (χ1v) is 17.3. The molecule has 232 valence electrons. The molecule has 3 aromatic carbocycles. The molecule has 0 unspecified atom stereocenters. The van der Waals surface area contributed by atoms with Gasteiger partial charge in [0, 0.05) is 11.1 Å². The first-order chi connectivity index (χ1) is 22.2. The SMILES string of the molecule is Cc1c(Cl)cccc1N=C1NC(=O)/C(=C/c2ccc(Sc3nc4ccc(N5C(=O)[C@H]6CCCC[C@@H]6C5=O)cc4s3)c([N+](=O)[O-])c2)S1. The number of nitro benzene ring substituents is 1. The van der Waals surface area contributed by atoms with Crippen molar-refractivity contribution in [3.63, 3.8) is 0 Å². The first-order valence-electron chi connectivity index (χ1n) is 14.5. The molecule has 4 aromatic rings. The van der Waals surface area contributed by atoms with Gasteiger partial charge in [0.1, 0.15) is 0 Å². The molecule has 1 saturated carbocycles. The fourth-order valence-electron chi connectivity index (χ4n) is 5.90. The number of nitro groups is 1. The number of benzene rings is 3. The van der Waals surface area contributed by atoms with Crippen LogP contribution >= 0.6 is 46.5 Å². The molecule has 0 bridgehead atoms. The highest BCUT2D eigenvalue weighted by molar-refractivity contribution is 8.18. The largest absolute Gasteiger partial charge is 0.300 e. The number of nitrogens with zero attached hydrogens (tertiary/aromatic N) is 4. The molecule has 2 saturated heterocycles. The van der Waals surface area contributed by atoms with Gasteiger partial charge in [0.05, 0.1) is 48.2 Å². The Morgan fingerprint density at radius 2 is 1.85 bits per heavy atom. The molecule has 0 spiro atoms. The molecule has 10 nitrogen and oxygen atoms in total. The number of fused-ring (bicyclic) bond motifs is 2. The number of hydrogen-bond donors (Lipinski definition) is 1. The number of thioether (sulfide) groups is 1. The molecule has 1 aliphatic carbocycles. The zero-order valence-corrected chi connectivity index (χ0v) is 27.4. The van der Waals surface area contributed by atoms with Crippen molar-refractivity contribution < 1.29 is 19.3 Å². The van der Waals surface area contributed by atoms with Crippen LogP contribution in [0, 0.1) is 28.9 Å². The maximum atomic E-state index is 13.1. The summed E-state index contributed by atoms with van der Waals surface area (Å²) >= 11 is 9.83. The smallest absolute Gasteiger partial charge is 0.283 e. The molecule has 1 N–H and O–H groups in total. The fraction of sp³-hybridized carbons (Fsp3) is 0.219. The van der Waals surface area contributed by atoms with E-state index >= 15 is 0 Å². The number of imide groups is 1. The lowest BCUT2D eigenvalue weighted by molar-refractivity contribution is -0.387. The Bertz CT molecular complexity index is 2020. The van der Waals surface area contributed by atoms with Crippen molar-refractivity contribution in [3.05, 3.63) is 85.8 Å². The topological polar surface area (TPSA) is 135 Å². The molecule has 2 aliphatic heterocycles. The van der Waals surface area contributed by atoms with E-state index in [0.29, 0.717) is 46.8 Å². The summed E-state index contributed by atoms with van der Waals surface area (Å²) in [5.41, 5.74) is 2.99. The summed E-state index contributed by atoms with van der Waals surface area (Å²) in [7, 11) is 0. The van der Waals surface area contributed by atoms with Gasteiger partial charge < -0.3 is 5.32 Å². The Balaban J connectivity index is 1.11. The number of aromatic nitrogens is 1. The van der Waals surface area contributed by atoms with Gasteiger partial charge >= 0.3 is 0 Å². The molecular formula is C32H24ClN5O5S3. The molecule has 3 heterocycles. The van der Waals surface area contributed by atoms with Crippen LogP contribution in [0.25, 0.3) is 16.3 Å². The van der Waals surface area contributed by atoms with Crippen LogP contribution in [0.4, 0.5) is 17.1 Å². The van der Waals surface area contributed by atoms with E-state index < -0.39 is 4.92 Å². The van der Waals surface area contributed by atoms with Gasteiger partial charge in [-0.2, -0.15) is 0 Å². The summed E-state index contributed by atoms with van der Waals surface area (Å²) in [6, 6.07) is 15.4. The lowest BCUT2D eigenvalue weighted by atomic mass is 9.81. The number of carbonyl (C=O) groups is 3. The first kappa shape index (κ1) is 30.6. The normalized spacial score (nSPS) is 21.4. The third kappa shape index (κ3) is 5.72. The molecule has 3 aliphatic rings. The number of anilines is 1. The number of carbonyl (C=O) groups excluding carboxylic acids is 3. The van der Waals surface area contributed by atoms with Gasteiger partial charge in [-0.15, -0.1) is 11.3 Å². The van der Waals surface area contributed by atoms with E-state index in [-0.39, 0.29) is 35.2 Å². The number of nitrogens with one attached hydrogen (secondary N) is 1. The van der Waals surface area contributed by atoms with Gasteiger partial charge in [-0.05, 0) is 85.1 Å². The Kier molecular flexibility index (Phi) is 8.17. The number of amides is 3. The van der Waals surface area contributed by atoms with Crippen molar-refractivity contribution in [1.82, 2.24) is 10.3 Å². The minimum absolute atomic E-state index is 0.123.